The summed E-state index contributed by atoms with van der Waals surface area (Å²) in [5.74, 6) is 0. The normalized spacial score (nSPS) is 19.8. The first-order valence-electron chi connectivity index (χ1n) is 3.97. The van der Waals surface area contributed by atoms with E-state index in [1.165, 1.54) is 18.4 Å². The van der Waals surface area contributed by atoms with Crippen molar-refractivity contribution in [3.8, 4) is 0 Å². The molecule has 0 N–H and O–H groups in total. The summed E-state index contributed by atoms with van der Waals surface area (Å²) in [6.45, 7) is 2.27. The minimum atomic E-state index is 0.401. The minimum absolute atomic E-state index is 0.401. The van der Waals surface area contributed by atoms with Crippen molar-refractivity contribution in [2.75, 3.05) is 0 Å². The van der Waals surface area contributed by atoms with Gasteiger partial charge in [0.15, 0.2) is 0 Å². The molecule has 1 saturated carbocycles. The summed E-state index contributed by atoms with van der Waals surface area (Å²) in [6, 6.07) is 8.15. The smallest absolute Gasteiger partial charge is 0.0443 e. The van der Waals surface area contributed by atoms with Gasteiger partial charge in [0.2, 0.25) is 0 Å². The molecule has 2 rings (SSSR count). The predicted molar refractivity (Wildman–Crippen MR) is 48.0 cm³/mol. The number of rotatable bonds is 1. The van der Waals surface area contributed by atoms with Crippen LogP contribution in [0.5, 0.6) is 0 Å². The third kappa shape index (κ3) is 1.16. The Morgan fingerprint density at radius 2 is 1.91 bits per heavy atom. The largest absolute Gasteiger partial charge is 0.0840 e. The molecule has 0 atom stereocenters. The molecule has 1 aliphatic carbocycles. The van der Waals surface area contributed by atoms with Crippen molar-refractivity contribution in [2.24, 2.45) is 0 Å². The van der Waals surface area contributed by atoms with Gasteiger partial charge in [-0.15, -0.1) is 0 Å². The van der Waals surface area contributed by atoms with Crippen LogP contribution in [0.15, 0.2) is 24.3 Å². The molecule has 0 radical (unpaired) electrons. The van der Waals surface area contributed by atoms with E-state index >= 15 is 0 Å². The fraction of sp³-hybridized carbons (Fsp3) is 0.400. The standard InChI is InChI=1S/C10H11Cl/c1-10(6-7-10)8-4-2-3-5-9(8)11/h2-5H,6-7H2,1H3. The molecule has 0 nitrogen and oxygen atoms in total. The Morgan fingerprint density at radius 1 is 1.27 bits per heavy atom. The lowest BCUT2D eigenvalue weighted by molar-refractivity contribution is 0.788. The molecule has 0 unspecified atom stereocenters. The van der Waals surface area contributed by atoms with Crippen LogP contribution in [0.3, 0.4) is 0 Å². The highest BCUT2D eigenvalue weighted by molar-refractivity contribution is 6.31. The SMILES string of the molecule is CC1(c2ccccc2Cl)CC1. The van der Waals surface area contributed by atoms with Gasteiger partial charge in [-0.1, -0.05) is 36.7 Å². The van der Waals surface area contributed by atoms with Crippen LogP contribution in [0.25, 0.3) is 0 Å². The van der Waals surface area contributed by atoms with Gasteiger partial charge >= 0.3 is 0 Å². The zero-order valence-electron chi connectivity index (χ0n) is 6.60. The third-order valence-corrected chi connectivity index (χ3v) is 2.85. The van der Waals surface area contributed by atoms with Gasteiger partial charge in [0, 0.05) is 5.02 Å². The molecule has 0 aromatic heterocycles. The molecule has 1 aromatic carbocycles. The quantitative estimate of drug-likeness (QED) is 0.600. The summed E-state index contributed by atoms with van der Waals surface area (Å²) in [6.07, 6.45) is 2.58. The number of hydrogen-bond acceptors (Lipinski definition) is 0. The van der Waals surface area contributed by atoms with Crippen LogP contribution >= 0.6 is 11.6 Å². The molecule has 1 aromatic rings. The fourth-order valence-electron chi connectivity index (χ4n) is 1.41. The maximum absolute atomic E-state index is 6.05. The van der Waals surface area contributed by atoms with Gasteiger partial charge in [-0.2, -0.15) is 0 Å². The molecule has 0 aliphatic heterocycles. The van der Waals surface area contributed by atoms with Crippen LogP contribution in [0.1, 0.15) is 25.3 Å². The van der Waals surface area contributed by atoms with Crippen molar-refractivity contribution < 1.29 is 0 Å². The fourth-order valence-corrected chi connectivity index (χ4v) is 1.77. The lowest BCUT2D eigenvalue weighted by Gasteiger charge is -2.09. The summed E-state index contributed by atoms with van der Waals surface area (Å²) in [5, 5.41) is 0.924. The van der Waals surface area contributed by atoms with E-state index in [9.17, 15) is 0 Å². The monoisotopic (exact) mass is 166 g/mol. The Kier molecular flexibility index (Phi) is 1.47. The van der Waals surface area contributed by atoms with E-state index in [2.05, 4.69) is 19.1 Å². The molecular formula is C10H11Cl. The van der Waals surface area contributed by atoms with Crippen molar-refractivity contribution in [1.29, 1.82) is 0 Å². The van der Waals surface area contributed by atoms with Gasteiger partial charge in [0.1, 0.15) is 0 Å². The highest BCUT2D eigenvalue weighted by Gasteiger charge is 2.40. The van der Waals surface area contributed by atoms with E-state index in [0.717, 1.165) is 5.02 Å². The summed E-state index contributed by atoms with van der Waals surface area (Å²) in [4.78, 5) is 0. The number of benzene rings is 1. The van der Waals surface area contributed by atoms with Crippen molar-refractivity contribution >= 4 is 11.6 Å². The lowest BCUT2D eigenvalue weighted by atomic mass is 9.99. The second-order valence-electron chi connectivity index (χ2n) is 3.54. The molecule has 0 amide bonds. The Morgan fingerprint density at radius 3 is 2.45 bits per heavy atom. The molecule has 0 heterocycles. The zero-order valence-corrected chi connectivity index (χ0v) is 7.36. The molecule has 1 fully saturated rings. The highest BCUT2D eigenvalue weighted by Crippen LogP contribution is 2.49. The maximum Gasteiger partial charge on any atom is 0.0443 e. The first kappa shape index (κ1) is 7.17. The Bertz CT molecular complexity index is 274. The molecule has 0 saturated heterocycles. The van der Waals surface area contributed by atoms with Crippen LogP contribution in [-0.4, -0.2) is 0 Å². The van der Waals surface area contributed by atoms with Crippen molar-refractivity contribution in [2.45, 2.75) is 25.2 Å². The van der Waals surface area contributed by atoms with Gasteiger partial charge < -0.3 is 0 Å². The van der Waals surface area contributed by atoms with Crippen molar-refractivity contribution in [3.63, 3.8) is 0 Å². The minimum Gasteiger partial charge on any atom is -0.0840 e. The molecular weight excluding hydrogens is 156 g/mol. The van der Waals surface area contributed by atoms with Crippen LogP contribution in [0.4, 0.5) is 0 Å². The van der Waals surface area contributed by atoms with E-state index in [-0.39, 0.29) is 0 Å². The maximum atomic E-state index is 6.05. The summed E-state index contributed by atoms with van der Waals surface area (Å²) in [5.41, 5.74) is 1.72. The van der Waals surface area contributed by atoms with Gasteiger partial charge in [0.25, 0.3) is 0 Å². The van der Waals surface area contributed by atoms with Crippen LogP contribution in [0.2, 0.25) is 5.02 Å². The van der Waals surface area contributed by atoms with Gasteiger partial charge in [-0.3, -0.25) is 0 Å². The second-order valence-corrected chi connectivity index (χ2v) is 3.95. The first-order valence-corrected chi connectivity index (χ1v) is 4.35. The summed E-state index contributed by atoms with van der Waals surface area (Å²) in [7, 11) is 0. The zero-order chi connectivity index (χ0) is 7.90. The van der Waals surface area contributed by atoms with E-state index < -0.39 is 0 Å². The summed E-state index contributed by atoms with van der Waals surface area (Å²) < 4.78 is 0. The predicted octanol–water partition coefficient (Wildman–Crippen LogP) is 3.39. The molecule has 58 valence electrons. The molecule has 1 aliphatic rings. The van der Waals surface area contributed by atoms with E-state index in [4.69, 9.17) is 11.6 Å². The molecule has 0 bridgehead atoms. The summed E-state index contributed by atoms with van der Waals surface area (Å²) >= 11 is 6.05. The topological polar surface area (TPSA) is 0 Å². The molecule has 11 heavy (non-hydrogen) atoms. The highest BCUT2D eigenvalue weighted by atomic mass is 35.5. The Labute approximate surface area is 72.2 Å². The lowest BCUT2D eigenvalue weighted by Crippen LogP contribution is -1.99. The number of halogens is 1. The van der Waals surface area contributed by atoms with Crippen LogP contribution in [0, 0.1) is 0 Å². The molecule has 0 spiro atoms. The van der Waals surface area contributed by atoms with Crippen LogP contribution < -0.4 is 0 Å². The average Bonchev–Trinajstić information content (AvgIpc) is 2.70. The van der Waals surface area contributed by atoms with E-state index in [1.807, 2.05) is 12.1 Å². The number of hydrogen-bond donors (Lipinski definition) is 0. The van der Waals surface area contributed by atoms with Gasteiger partial charge in [-0.25, -0.2) is 0 Å². The second kappa shape index (κ2) is 2.25. The third-order valence-electron chi connectivity index (χ3n) is 2.52. The van der Waals surface area contributed by atoms with Crippen LogP contribution in [-0.2, 0) is 5.41 Å². The van der Waals surface area contributed by atoms with Gasteiger partial charge in [-0.05, 0) is 29.9 Å². The first-order chi connectivity index (χ1) is 5.22. The van der Waals surface area contributed by atoms with E-state index in [0.29, 0.717) is 5.41 Å². The average molecular weight is 167 g/mol. The Balaban J connectivity index is 2.45. The van der Waals surface area contributed by atoms with Gasteiger partial charge in [0.05, 0.1) is 0 Å². The molecule has 1 heteroatoms. The van der Waals surface area contributed by atoms with Crippen molar-refractivity contribution in [1.82, 2.24) is 0 Å². The van der Waals surface area contributed by atoms with Crippen molar-refractivity contribution in [3.05, 3.63) is 34.9 Å². The Hall–Kier alpha value is -0.490. The van der Waals surface area contributed by atoms with E-state index in [1.54, 1.807) is 0 Å².